The van der Waals surface area contributed by atoms with E-state index in [1.165, 1.54) is 0 Å². The molecule has 4 nitrogen and oxygen atoms in total. The Morgan fingerprint density at radius 2 is 2.12 bits per heavy atom. The number of hydrogen-bond donors (Lipinski definition) is 1. The number of alkyl halides is 3. The molecule has 0 saturated carbocycles. The summed E-state index contributed by atoms with van der Waals surface area (Å²) in [6.45, 7) is 3.50. The average molecular weight is 251 g/mol. The van der Waals surface area contributed by atoms with Crippen molar-refractivity contribution in [1.29, 1.82) is 0 Å². The first-order valence-corrected chi connectivity index (χ1v) is 5.08. The molecule has 1 aromatic heterocycles. The second-order valence-electron chi connectivity index (χ2n) is 3.72. The van der Waals surface area contributed by atoms with Crippen LogP contribution in [0.2, 0.25) is 0 Å². The Labute approximate surface area is 95.5 Å². The van der Waals surface area contributed by atoms with Crippen molar-refractivity contribution in [2.45, 2.75) is 38.8 Å². The Morgan fingerprint density at radius 3 is 2.47 bits per heavy atom. The minimum absolute atomic E-state index is 0.184. The Bertz CT molecular complexity index is 411. The van der Waals surface area contributed by atoms with Gasteiger partial charge in [-0.25, -0.2) is 9.78 Å². The van der Waals surface area contributed by atoms with Gasteiger partial charge in [-0.1, -0.05) is 20.3 Å². The standard InChI is InChI=1S/C10H12F3NO3/c1-3-4-5(2)8-14-7(10(11,12)13)6(17-8)9(15)16/h5H,3-4H2,1-2H3,(H,15,16). The number of nitrogens with zero attached hydrogens (tertiary/aromatic N) is 1. The first-order chi connectivity index (χ1) is 7.77. The van der Waals surface area contributed by atoms with Crippen LogP contribution < -0.4 is 0 Å². The maximum atomic E-state index is 12.5. The number of oxazole rings is 1. The monoisotopic (exact) mass is 251 g/mol. The van der Waals surface area contributed by atoms with Crippen molar-refractivity contribution in [2.75, 3.05) is 0 Å². The minimum atomic E-state index is -4.82. The third kappa shape index (κ3) is 2.98. The van der Waals surface area contributed by atoms with Crippen molar-refractivity contribution in [3.05, 3.63) is 17.3 Å². The van der Waals surface area contributed by atoms with Crippen LogP contribution in [0, 0.1) is 0 Å². The van der Waals surface area contributed by atoms with Gasteiger partial charge in [0.2, 0.25) is 5.76 Å². The lowest BCUT2D eigenvalue weighted by atomic mass is 10.1. The topological polar surface area (TPSA) is 63.3 Å². The molecule has 0 aliphatic rings. The number of carboxylic acid groups (broad SMARTS) is 1. The van der Waals surface area contributed by atoms with Crippen LogP contribution in [0.3, 0.4) is 0 Å². The lowest BCUT2D eigenvalue weighted by Gasteiger charge is -2.03. The van der Waals surface area contributed by atoms with Crippen LogP contribution >= 0.6 is 0 Å². The second-order valence-corrected chi connectivity index (χ2v) is 3.72. The van der Waals surface area contributed by atoms with E-state index >= 15 is 0 Å². The van der Waals surface area contributed by atoms with Crippen molar-refractivity contribution in [3.8, 4) is 0 Å². The number of hydrogen-bond acceptors (Lipinski definition) is 3. The lowest BCUT2D eigenvalue weighted by molar-refractivity contribution is -0.141. The lowest BCUT2D eigenvalue weighted by Crippen LogP contribution is -2.11. The highest BCUT2D eigenvalue weighted by Gasteiger charge is 2.41. The highest BCUT2D eigenvalue weighted by molar-refractivity contribution is 5.85. The fourth-order valence-corrected chi connectivity index (χ4v) is 1.44. The smallest absolute Gasteiger partial charge is 0.437 e. The molecule has 1 heterocycles. The van der Waals surface area contributed by atoms with Gasteiger partial charge in [-0.3, -0.25) is 0 Å². The molecule has 0 radical (unpaired) electrons. The number of rotatable bonds is 4. The molecule has 0 aromatic carbocycles. The summed E-state index contributed by atoms with van der Waals surface area (Å²) in [5, 5.41) is 8.62. The van der Waals surface area contributed by atoms with Gasteiger partial charge in [-0.05, 0) is 6.42 Å². The summed E-state index contributed by atoms with van der Waals surface area (Å²) in [5.41, 5.74) is -1.47. The molecule has 0 aliphatic heterocycles. The molecule has 0 bridgehead atoms. The molecule has 1 atom stereocenters. The predicted octanol–water partition coefficient (Wildman–Crippen LogP) is 3.30. The molecule has 7 heteroatoms. The fourth-order valence-electron chi connectivity index (χ4n) is 1.44. The van der Waals surface area contributed by atoms with Gasteiger partial charge in [0.05, 0.1) is 0 Å². The quantitative estimate of drug-likeness (QED) is 0.891. The van der Waals surface area contributed by atoms with Gasteiger partial charge in [0.15, 0.2) is 11.6 Å². The molecule has 0 saturated heterocycles. The van der Waals surface area contributed by atoms with Crippen molar-refractivity contribution < 1.29 is 27.5 Å². The van der Waals surface area contributed by atoms with Gasteiger partial charge in [0.25, 0.3) is 0 Å². The van der Waals surface area contributed by atoms with Gasteiger partial charge < -0.3 is 9.52 Å². The minimum Gasteiger partial charge on any atom is -0.475 e. The van der Waals surface area contributed by atoms with Crippen LogP contribution in [0.4, 0.5) is 13.2 Å². The molecular formula is C10H12F3NO3. The maximum Gasteiger partial charge on any atom is 0.437 e. The zero-order valence-electron chi connectivity index (χ0n) is 9.34. The average Bonchev–Trinajstić information content (AvgIpc) is 2.61. The maximum absolute atomic E-state index is 12.5. The summed E-state index contributed by atoms with van der Waals surface area (Å²) in [4.78, 5) is 13.9. The number of carbonyl (C=O) groups is 1. The van der Waals surface area contributed by atoms with Gasteiger partial charge in [0.1, 0.15) is 0 Å². The molecular weight excluding hydrogens is 239 g/mol. The van der Waals surface area contributed by atoms with Gasteiger partial charge in [-0.2, -0.15) is 13.2 Å². The normalized spacial score (nSPS) is 13.7. The van der Waals surface area contributed by atoms with Gasteiger partial charge in [0, 0.05) is 5.92 Å². The first-order valence-electron chi connectivity index (χ1n) is 5.08. The molecule has 1 aromatic rings. The van der Waals surface area contributed by atoms with E-state index in [0.29, 0.717) is 6.42 Å². The van der Waals surface area contributed by atoms with Crippen LogP contribution in [0.25, 0.3) is 0 Å². The third-order valence-corrected chi connectivity index (χ3v) is 2.25. The Kier molecular flexibility index (Phi) is 3.79. The molecule has 1 rings (SSSR count). The van der Waals surface area contributed by atoms with Crippen LogP contribution in [0.5, 0.6) is 0 Å². The Morgan fingerprint density at radius 1 is 1.53 bits per heavy atom. The van der Waals surface area contributed by atoms with Gasteiger partial charge in [-0.15, -0.1) is 0 Å². The number of aromatic nitrogens is 1. The fraction of sp³-hybridized carbons (Fsp3) is 0.600. The molecule has 0 fully saturated rings. The summed E-state index contributed by atoms with van der Waals surface area (Å²) in [6.07, 6.45) is -3.49. The summed E-state index contributed by atoms with van der Waals surface area (Å²) in [7, 11) is 0. The summed E-state index contributed by atoms with van der Waals surface area (Å²) in [5.74, 6) is -3.43. The number of carboxylic acids is 1. The molecule has 96 valence electrons. The van der Waals surface area contributed by atoms with Crippen LogP contribution in [-0.2, 0) is 6.18 Å². The third-order valence-electron chi connectivity index (χ3n) is 2.25. The Balaban J connectivity index is 3.17. The molecule has 1 unspecified atom stereocenters. The van der Waals surface area contributed by atoms with Crippen LogP contribution in [-0.4, -0.2) is 16.1 Å². The molecule has 0 spiro atoms. The van der Waals surface area contributed by atoms with Gasteiger partial charge >= 0.3 is 12.1 Å². The second kappa shape index (κ2) is 4.77. The van der Waals surface area contributed by atoms with E-state index in [1.54, 1.807) is 6.92 Å². The molecule has 0 aliphatic carbocycles. The summed E-state index contributed by atoms with van der Waals surface area (Å²) < 4.78 is 42.1. The van der Waals surface area contributed by atoms with E-state index in [9.17, 15) is 18.0 Å². The van der Waals surface area contributed by atoms with E-state index in [1.807, 2.05) is 6.92 Å². The molecule has 1 N–H and O–H groups in total. The van der Waals surface area contributed by atoms with E-state index in [2.05, 4.69) is 9.40 Å². The van der Waals surface area contributed by atoms with E-state index < -0.39 is 23.6 Å². The first kappa shape index (κ1) is 13.5. The zero-order valence-corrected chi connectivity index (χ0v) is 9.34. The molecule has 17 heavy (non-hydrogen) atoms. The van der Waals surface area contributed by atoms with E-state index in [0.717, 1.165) is 6.42 Å². The highest BCUT2D eigenvalue weighted by Crippen LogP contribution is 2.34. The zero-order chi connectivity index (χ0) is 13.2. The van der Waals surface area contributed by atoms with Crippen molar-refractivity contribution in [3.63, 3.8) is 0 Å². The van der Waals surface area contributed by atoms with Crippen LogP contribution in [0.15, 0.2) is 4.42 Å². The van der Waals surface area contributed by atoms with Crippen molar-refractivity contribution in [2.24, 2.45) is 0 Å². The van der Waals surface area contributed by atoms with Crippen molar-refractivity contribution in [1.82, 2.24) is 4.98 Å². The summed E-state index contributed by atoms with van der Waals surface area (Å²) >= 11 is 0. The number of halogens is 3. The largest absolute Gasteiger partial charge is 0.475 e. The van der Waals surface area contributed by atoms with Crippen LogP contribution in [0.1, 0.15) is 54.7 Å². The van der Waals surface area contributed by atoms with E-state index in [-0.39, 0.29) is 11.8 Å². The Hall–Kier alpha value is -1.53. The number of aromatic carboxylic acids is 1. The SMILES string of the molecule is CCCC(C)c1nc(C(F)(F)F)c(C(=O)O)o1. The predicted molar refractivity (Wildman–Crippen MR) is 51.8 cm³/mol. The highest BCUT2D eigenvalue weighted by atomic mass is 19.4. The molecule has 0 amide bonds. The van der Waals surface area contributed by atoms with Crippen molar-refractivity contribution >= 4 is 5.97 Å². The summed E-state index contributed by atoms with van der Waals surface area (Å²) in [6, 6.07) is 0. The van der Waals surface area contributed by atoms with E-state index in [4.69, 9.17) is 5.11 Å².